The number of rotatable bonds is 7. The molecule has 0 heterocycles. The van der Waals surface area contributed by atoms with E-state index in [1.807, 2.05) is 19.9 Å². The van der Waals surface area contributed by atoms with E-state index in [2.05, 4.69) is 5.32 Å². The van der Waals surface area contributed by atoms with E-state index in [1.165, 1.54) is 14.2 Å². The molecule has 0 aliphatic carbocycles. The molecule has 2 rings (SSSR count). The van der Waals surface area contributed by atoms with Crippen molar-refractivity contribution in [1.82, 2.24) is 5.32 Å². The van der Waals surface area contributed by atoms with Crippen LogP contribution in [0.15, 0.2) is 36.4 Å². The summed E-state index contributed by atoms with van der Waals surface area (Å²) in [5.41, 5.74) is 3.12. The first kappa shape index (κ1) is 19.3. The molecule has 138 valence electrons. The van der Waals surface area contributed by atoms with Gasteiger partial charge < -0.3 is 19.9 Å². The molecule has 2 aromatic carbocycles. The van der Waals surface area contributed by atoms with Gasteiger partial charge in [0.2, 0.25) is 5.91 Å². The van der Waals surface area contributed by atoms with Crippen LogP contribution >= 0.6 is 0 Å². The SMILES string of the molecule is COc1cccc(OC)c1CC(=O)NC(C(=O)O)c1ccc(C)c(C)c1. The fraction of sp³-hybridized carbons (Fsp3) is 0.300. The number of benzene rings is 2. The van der Waals surface area contributed by atoms with Crippen LogP contribution in [0.4, 0.5) is 0 Å². The second kappa shape index (κ2) is 8.38. The van der Waals surface area contributed by atoms with Gasteiger partial charge in [0, 0.05) is 5.56 Å². The molecule has 2 aromatic rings. The molecule has 1 amide bonds. The molecule has 0 radical (unpaired) electrons. The van der Waals surface area contributed by atoms with Gasteiger partial charge in [-0.15, -0.1) is 0 Å². The van der Waals surface area contributed by atoms with Crippen molar-refractivity contribution in [1.29, 1.82) is 0 Å². The zero-order valence-corrected chi connectivity index (χ0v) is 15.3. The van der Waals surface area contributed by atoms with E-state index >= 15 is 0 Å². The number of hydrogen-bond acceptors (Lipinski definition) is 4. The van der Waals surface area contributed by atoms with Crippen molar-refractivity contribution in [2.75, 3.05) is 14.2 Å². The molecule has 0 aliphatic heterocycles. The number of methoxy groups -OCH3 is 2. The van der Waals surface area contributed by atoms with E-state index in [0.29, 0.717) is 22.6 Å². The first-order valence-corrected chi connectivity index (χ1v) is 8.16. The van der Waals surface area contributed by atoms with Crippen LogP contribution in [0.25, 0.3) is 0 Å². The van der Waals surface area contributed by atoms with Gasteiger partial charge in [0.15, 0.2) is 6.04 Å². The molecule has 1 unspecified atom stereocenters. The molecule has 6 heteroatoms. The molecule has 0 fully saturated rings. The lowest BCUT2D eigenvalue weighted by Gasteiger charge is -2.17. The highest BCUT2D eigenvalue weighted by atomic mass is 16.5. The highest BCUT2D eigenvalue weighted by Crippen LogP contribution is 2.29. The lowest BCUT2D eigenvalue weighted by atomic mass is 10.0. The van der Waals surface area contributed by atoms with Gasteiger partial charge in [0.1, 0.15) is 11.5 Å². The largest absolute Gasteiger partial charge is 0.496 e. The monoisotopic (exact) mass is 357 g/mol. The van der Waals surface area contributed by atoms with Gasteiger partial charge in [-0.05, 0) is 42.7 Å². The van der Waals surface area contributed by atoms with Crippen LogP contribution in [-0.4, -0.2) is 31.2 Å². The van der Waals surface area contributed by atoms with E-state index in [9.17, 15) is 14.7 Å². The Balaban J connectivity index is 2.24. The number of hydrogen-bond donors (Lipinski definition) is 2. The molecule has 0 bridgehead atoms. The maximum absolute atomic E-state index is 12.5. The van der Waals surface area contributed by atoms with Crippen LogP contribution in [0, 0.1) is 13.8 Å². The maximum Gasteiger partial charge on any atom is 0.330 e. The minimum atomic E-state index is -1.12. The molecule has 0 aromatic heterocycles. The number of carbonyl (C=O) groups excluding carboxylic acids is 1. The minimum absolute atomic E-state index is 0.0538. The highest BCUT2D eigenvalue weighted by molar-refractivity contribution is 5.86. The van der Waals surface area contributed by atoms with E-state index in [0.717, 1.165) is 11.1 Å². The number of nitrogens with one attached hydrogen (secondary N) is 1. The normalized spacial score (nSPS) is 11.5. The number of amides is 1. The number of ether oxygens (including phenoxy) is 2. The Bertz CT molecular complexity index is 794. The number of aliphatic carboxylic acids is 1. The molecular weight excluding hydrogens is 334 g/mol. The van der Waals surface area contributed by atoms with Crippen LogP contribution in [0.1, 0.15) is 28.3 Å². The fourth-order valence-electron chi connectivity index (χ4n) is 2.71. The van der Waals surface area contributed by atoms with Gasteiger partial charge in [-0.2, -0.15) is 0 Å². The number of carboxylic acids is 1. The Hall–Kier alpha value is -3.02. The zero-order chi connectivity index (χ0) is 19.3. The van der Waals surface area contributed by atoms with Crippen LogP contribution < -0.4 is 14.8 Å². The standard InChI is InChI=1S/C20H23NO5/c1-12-8-9-14(10-13(12)2)19(20(23)24)21-18(22)11-15-16(25-3)6-5-7-17(15)26-4/h5-10,19H,11H2,1-4H3,(H,21,22)(H,23,24). The lowest BCUT2D eigenvalue weighted by Crippen LogP contribution is -2.35. The predicted octanol–water partition coefficient (Wildman–Crippen LogP) is 2.81. The Morgan fingerprint density at radius 3 is 2.15 bits per heavy atom. The minimum Gasteiger partial charge on any atom is -0.496 e. The first-order chi connectivity index (χ1) is 12.4. The third kappa shape index (κ3) is 4.33. The van der Waals surface area contributed by atoms with Crippen molar-refractivity contribution in [3.63, 3.8) is 0 Å². The molecule has 1 atom stereocenters. The third-order valence-electron chi connectivity index (χ3n) is 4.28. The van der Waals surface area contributed by atoms with Crippen molar-refractivity contribution in [2.24, 2.45) is 0 Å². The molecular formula is C20H23NO5. The molecule has 0 spiro atoms. The average molecular weight is 357 g/mol. The van der Waals surface area contributed by atoms with Crippen molar-refractivity contribution in [3.8, 4) is 11.5 Å². The van der Waals surface area contributed by atoms with E-state index < -0.39 is 17.9 Å². The Labute approximate surface area is 152 Å². The first-order valence-electron chi connectivity index (χ1n) is 8.16. The van der Waals surface area contributed by atoms with Gasteiger partial charge >= 0.3 is 5.97 Å². The topological polar surface area (TPSA) is 84.9 Å². The third-order valence-corrected chi connectivity index (χ3v) is 4.28. The number of aryl methyl sites for hydroxylation is 2. The quantitative estimate of drug-likeness (QED) is 0.796. The smallest absolute Gasteiger partial charge is 0.330 e. The van der Waals surface area contributed by atoms with Crippen molar-refractivity contribution in [3.05, 3.63) is 58.7 Å². The molecule has 0 aliphatic rings. The lowest BCUT2D eigenvalue weighted by molar-refractivity contribution is -0.142. The van der Waals surface area contributed by atoms with Crippen molar-refractivity contribution < 1.29 is 24.2 Å². The summed E-state index contributed by atoms with van der Waals surface area (Å²) in [6.45, 7) is 3.85. The molecule has 0 saturated heterocycles. The maximum atomic E-state index is 12.5. The predicted molar refractivity (Wildman–Crippen MR) is 97.7 cm³/mol. The summed E-state index contributed by atoms with van der Waals surface area (Å²) in [7, 11) is 3.01. The second-order valence-corrected chi connectivity index (χ2v) is 6.00. The van der Waals surface area contributed by atoms with E-state index in [1.54, 1.807) is 30.3 Å². The van der Waals surface area contributed by atoms with Crippen molar-refractivity contribution >= 4 is 11.9 Å². The van der Waals surface area contributed by atoms with Gasteiger partial charge in [-0.3, -0.25) is 4.79 Å². The van der Waals surface area contributed by atoms with Crippen molar-refractivity contribution in [2.45, 2.75) is 26.3 Å². The van der Waals surface area contributed by atoms with Gasteiger partial charge in [-0.25, -0.2) is 4.79 Å². The number of carboxylic acid groups (broad SMARTS) is 1. The summed E-state index contributed by atoms with van der Waals surface area (Å²) in [4.78, 5) is 24.2. The van der Waals surface area contributed by atoms with Crippen LogP contribution in [-0.2, 0) is 16.0 Å². The van der Waals surface area contributed by atoms with Gasteiger partial charge in [-0.1, -0.05) is 24.3 Å². The summed E-state index contributed by atoms with van der Waals surface area (Å²) < 4.78 is 10.6. The Morgan fingerprint density at radius 2 is 1.65 bits per heavy atom. The average Bonchev–Trinajstić information content (AvgIpc) is 2.62. The van der Waals surface area contributed by atoms with Crippen LogP contribution in [0.2, 0.25) is 0 Å². The summed E-state index contributed by atoms with van der Waals surface area (Å²) in [5, 5.41) is 12.1. The molecule has 6 nitrogen and oxygen atoms in total. The molecule has 26 heavy (non-hydrogen) atoms. The van der Waals surface area contributed by atoms with E-state index in [4.69, 9.17) is 9.47 Å². The second-order valence-electron chi connectivity index (χ2n) is 6.00. The summed E-state index contributed by atoms with van der Waals surface area (Å²) in [5.74, 6) is -0.526. The highest BCUT2D eigenvalue weighted by Gasteiger charge is 2.24. The van der Waals surface area contributed by atoms with E-state index in [-0.39, 0.29) is 6.42 Å². The molecule has 0 saturated carbocycles. The summed E-state index contributed by atoms with van der Waals surface area (Å²) >= 11 is 0. The fourth-order valence-corrected chi connectivity index (χ4v) is 2.71. The zero-order valence-electron chi connectivity index (χ0n) is 15.3. The van der Waals surface area contributed by atoms with Gasteiger partial charge in [0.25, 0.3) is 0 Å². The molecule has 2 N–H and O–H groups in total. The van der Waals surface area contributed by atoms with Crippen LogP contribution in [0.3, 0.4) is 0 Å². The Morgan fingerprint density at radius 1 is 1.04 bits per heavy atom. The van der Waals surface area contributed by atoms with Gasteiger partial charge in [0.05, 0.1) is 20.6 Å². The Kier molecular flexibility index (Phi) is 6.22. The summed E-state index contributed by atoms with van der Waals surface area (Å²) in [6, 6.07) is 9.42. The van der Waals surface area contributed by atoms with Crippen LogP contribution in [0.5, 0.6) is 11.5 Å². The number of carbonyl (C=O) groups is 2. The summed E-state index contributed by atoms with van der Waals surface area (Å²) in [6.07, 6.45) is -0.0538.